The molecule has 1 aromatic heterocycles. The number of hydrogen-bond donors (Lipinski definition) is 1. The Kier molecular flexibility index (Phi) is 3.63. The monoisotopic (exact) mass is 400 g/mol. The molecule has 3 aromatic rings. The lowest BCUT2D eigenvalue weighted by Gasteiger charge is -2.37. The summed E-state index contributed by atoms with van der Waals surface area (Å²) in [5.41, 5.74) is 8.83. The van der Waals surface area contributed by atoms with Gasteiger partial charge in [-0.05, 0) is 78.1 Å². The summed E-state index contributed by atoms with van der Waals surface area (Å²) in [5, 5.41) is 3.65. The number of furan rings is 1. The summed E-state index contributed by atoms with van der Waals surface area (Å²) in [7, 11) is 0. The third-order valence-electron chi connectivity index (χ3n) is 7.18. The zero-order valence-corrected chi connectivity index (χ0v) is 17.6. The van der Waals surface area contributed by atoms with Crippen molar-refractivity contribution in [2.24, 2.45) is 4.99 Å². The highest BCUT2D eigenvalue weighted by atomic mass is 19.1. The number of aliphatic imine (C=N–C) groups is 1. The minimum atomic E-state index is -0.232. The fourth-order valence-corrected chi connectivity index (χ4v) is 5.70. The van der Waals surface area contributed by atoms with Crippen LogP contribution in [-0.2, 0) is 11.8 Å². The van der Waals surface area contributed by atoms with Crippen LogP contribution in [0.4, 0.5) is 4.39 Å². The van der Waals surface area contributed by atoms with E-state index >= 15 is 0 Å². The van der Waals surface area contributed by atoms with Crippen LogP contribution in [0.5, 0.6) is 0 Å². The Morgan fingerprint density at radius 2 is 1.90 bits per heavy atom. The molecule has 2 unspecified atom stereocenters. The van der Waals surface area contributed by atoms with Gasteiger partial charge >= 0.3 is 0 Å². The molecule has 3 nitrogen and oxygen atoms in total. The molecule has 1 aliphatic heterocycles. The van der Waals surface area contributed by atoms with Crippen molar-refractivity contribution in [3.63, 3.8) is 0 Å². The van der Waals surface area contributed by atoms with Gasteiger partial charge in [0.2, 0.25) is 0 Å². The molecule has 4 heteroatoms. The molecular formula is C26H25FN2O. The van der Waals surface area contributed by atoms with E-state index in [-0.39, 0.29) is 23.3 Å². The normalized spacial score (nSPS) is 23.0. The van der Waals surface area contributed by atoms with E-state index in [1.54, 1.807) is 12.1 Å². The molecule has 2 aliphatic carbocycles. The number of nitrogens with zero attached hydrogens (tertiary/aromatic N) is 1. The average Bonchev–Trinajstić information content (AvgIpc) is 3.32. The van der Waals surface area contributed by atoms with Gasteiger partial charge in [0, 0.05) is 16.7 Å². The van der Waals surface area contributed by atoms with Crippen molar-refractivity contribution >= 4 is 5.84 Å². The molecule has 0 saturated heterocycles. The number of hydrogen-bond acceptors (Lipinski definition) is 3. The fraction of sp³-hybridized carbons (Fsp3) is 0.346. The first-order valence-electron chi connectivity index (χ1n) is 10.8. The van der Waals surface area contributed by atoms with Gasteiger partial charge in [-0.3, -0.25) is 4.99 Å². The van der Waals surface area contributed by atoms with Crippen molar-refractivity contribution in [3.8, 4) is 11.3 Å². The second-order valence-electron chi connectivity index (χ2n) is 9.50. The maximum absolute atomic E-state index is 13.5. The molecule has 1 N–H and O–H groups in total. The molecule has 0 saturated carbocycles. The van der Waals surface area contributed by atoms with E-state index in [0.717, 1.165) is 29.1 Å². The number of nitrogens with one attached hydrogen (secondary N) is 1. The van der Waals surface area contributed by atoms with E-state index in [2.05, 4.69) is 38.2 Å². The average molecular weight is 400 g/mol. The van der Waals surface area contributed by atoms with E-state index in [1.807, 2.05) is 6.26 Å². The highest BCUT2D eigenvalue weighted by Gasteiger charge is 2.44. The molecule has 3 aliphatic rings. The van der Waals surface area contributed by atoms with Crippen molar-refractivity contribution in [2.45, 2.75) is 57.5 Å². The summed E-state index contributed by atoms with van der Waals surface area (Å²) in [4.78, 5) is 5.17. The van der Waals surface area contributed by atoms with E-state index < -0.39 is 0 Å². The lowest BCUT2D eigenvalue weighted by atomic mass is 9.68. The summed E-state index contributed by atoms with van der Waals surface area (Å²) in [5.74, 6) is 1.57. The van der Waals surface area contributed by atoms with Gasteiger partial charge in [0.25, 0.3) is 0 Å². The molecular weight excluding hydrogens is 375 g/mol. The largest absolute Gasteiger partial charge is 0.464 e. The first-order valence-corrected chi connectivity index (χ1v) is 10.8. The van der Waals surface area contributed by atoms with Crippen LogP contribution in [0.2, 0.25) is 0 Å². The Labute approximate surface area is 176 Å². The third kappa shape index (κ3) is 2.39. The number of amidine groups is 1. The topological polar surface area (TPSA) is 37.5 Å². The Balaban J connectivity index is 1.59. The Morgan fingerprint density at radius 3 is 2.70 bits per heavy atom. The first-order chi connectivity index (χ1) is 14.4. The lowest BCUT2D eigenvalue weighted by Crippen LogP contribution is -2.30. The molecule has 0 fully saturated rings. The van der Waals surface area contributed by atoms with Crippen LogP contribution in [0.3, 0.4) is 0 Å². The van der Waals surface area contributed by atoms with Gasteiger partial charge in [-0.2, -0.15) is 0 Å². The predicted molar refractivity (Wildman–Crippen MR) is 116 cm³/mol. The smallest absolute Gasteiger partial charge is 0.139 e. The van der Waals surface area contributed by atoms with Crippen molar-refractivity contribution in [1.82, 2.24) is 5.32 Å². The van der Waals surface area contributed by atoms with Gasteiger partial charge in [-0.15, -0.1) is 0 Å². The minimum Gasteiger partial charge on any atom is -0.464 e. The number of rotatable bonds is 1. The predicted octanol–water partition coefficient (Wildman–Crippen LogP) is 6.15. The van der Waals surface area contributed by atoms with Crippen LogP contribution in [0.25, 0.3) is 11.3 Å². The van der Waals surface area contributed by atoms with Gasteiger partial charge < -0.3 is 9.73 Å². The minimum absolute atomic E-state index is 0.00713. The zero-order valence-electron chi connectivity index (χ0n) is 17.6. The van der Waals surface area contributed by atoms with Crippen LogP contribution < -0.4 is 5.32 Å². The standard InChI is InChI=1S/C26H25FN2O/c1-14-13-30-24-18-10-11-19-17(5-4-12-26(19,2)3)21(18)23-22(20(14)24)28-25(29-23)15-6-8-16(27)9-7-15/h6-11,13,22-23H,4-5,12H2,1-3H3,(H,28,29). The van der Waals surface area contributed by atoms with E-state index in [1.165, 1.54) is 52.8 Å². The first kappa shape index (κ1) is 17.9. The van der Waals surface area contributed by atoms with Gasteiger partial charge in [0.15, 0.2) is 0 Å². The van der Waals surface area contributed by atoms with Gasteiger partial charge in [-0.25, -0.2) is 4.39 Å². The quantitative estimate of drug-likeness (QED) is 0.532. The SMILES string of the molecule is Cc1coc2c1C1NC(c3ccc(F)cc3)=NC1c1c-2ccc2c1CCCC2(C)C. The Morgan fingerprint density at radius 1 is 1.10 bits per heavy atom. The van der Waals surface area contributed by atoms with Gasteiger partial charge in [-0.1, -0.05) is 26.0 Å². The van der Waals surface area contributed by atoms with Crippen LogP contribution >= 0.6 is 0 Å². The molecule has 0 radical (unpaired) electrons. The van der Waals surface area contributed by atoms with Crippen LogP contribution in [0.1, 0.15) is 72.2 Å². The van der Waals surface area contributed by atoms with Crippen LogP contribution in [0.15, 0.2) is 52.1 Å². The lowest BCUT2D eigenvalue weighted by molar-refractivity contribution is 0.426. The van der Waals surface area contributed by atoms with Crippen molar-refractivity contribution in [2.75, 3.05) is 0 Å². The van der Waals surface area contributed by atoms with E-state index in [0.29, 0.717) is 0 Å². The molecule has 2 heterocycles. The highest BCUT2D eigenvalue weighted by molar-refractivity contribution is 6.01. The Hall–Kier alpha value is -2.88. The summed E-state index contributed by atoms with van der Waals surface area (Å²) >= 11 is 0. The number of fused-ring (bicyclic) bond motifs is 8. The third-order valence-corrected chi connectivity index (χ3v) is 7.18. The van der Waals surface area contributed by atoms with Crippen LogP contribution in [-0.4, -0.2) is 5.84 Å². The zero-order chi connectivity index (χ0) is 20.6. The van der Waals surface area contributed by atoms with Gasteiger partial charge in [0.05, 0.1) is 12.3 Å². The molecule has 30 heavy (non-hydrogen) atoms. The Bertz CT molecular complexity index is 1200. The van der Waals surface area contributed by atoms with E-state index in [9.17, 15) is 4.39 Å². The summed E-state index contributed by atoms with van der Waals surface area (Å²) in [6, 6.07) is 11.2. The number of aryl methyl sites for hydroxylation is 1. The molecule has 2 atom stereocenters. The molecule has 2 aromatic carbocycles. The highest BCUT2D eigenvalue weighted by Crippen LogP contribution is 2.54. The molecule has 6 rings (SSSR count). The van der Waals surface area contributed by atoms with Gasteiger partial charge in [0.1, 0.15) is 23.5 Å². The number of benzene rings is 2. The fourth-order valence-electron chi connectivity index (χ4n) is 5.70. The molecule has 152 valence electrons. The van der Waals surface area contributed by atoms with Crippen molar-refractivity contribution in [1.29, 1.82) is 0 Å². The summed E-state index contributed by atoms with van der Waals surface area (Å²) in [6.07, 6.45) is 5.35. The molecule has 0 spiro atoms. The maximum Gasteiger partial charge on any atom is 0.139 e. The summed E-state index contributed by atoms with van der Waals surface area (Å²) < 4.78 is 19.5. The summed E-state index contributed by atoms with van der Waals surface area (Å²) in [6.45, 7) is 6.80. The number of halogens is 1. The van der Waals surface area contributed by atoms with Crippen molar-refractivity contribution in [3.05, 3.63) is 81.9 Å². The van der Waals surface area contributed by atoms with E-state index in [4.69, 9.17) is 9.41 Å². The molecule has 0 bridgehead atoms. The second kappa shape index (κ2) is 6.07. The second-order valence-corrected chi connectivity index (χ2v) is 9.50. The van der Waals surface area contributed by atoms with Crippen molar-refractivity contribution < 1.29 is 8.81 Å². The molecule has 0 amide bonds. The maximum atomic E-state index is 13.5. The van der Waals surface area contributed by atoms with Crippen LogP contribution in [0, 0.1) is 12.7 Å².